The smallest absolute Gasteiger partial charge is 0.480 e. The van der Waals surface area contributed by atoms with Crippen LogP contribution in [0.15, 0.2) is 72.8 Å². The molecule has 0 heterocycles. The summed E-state index contributed by atoms with van der Waals surface area (Å²) in [4.78, 5) is 24.1. The first-order valence-corrected chi connectivity index (χ1v) is 10.4. The van der Waals surface area contributed by atoms with Gasteiger partial charge in [-0.05, 0) is 39.9 Å². The number of ether oxygens (including phenoxy) is 2. The van der Waals surface area contributed by atoms with Crippen LogP contribution in [0.5, 0.6) is 5.75 Å². The van der Waals surface area contributed by atoms with Gasteiger partial charge in [0.1, 0.15) is 18.4 Å². The van der Waals surface area contributed by atoms with E-state index >= 15 is 0 Å². The Balaban J connectivity index is 1.41. The molecule has 0 aliphatic heterocycles. The lowest BCUT2D eigenvalue weighted by Gasteiger charge is -2.18. The van der Waals surface area contributed by atoms with Crippen molar-refractivity contribution in [1.29, 1.82) is 0 Å². The maximum Gasteiger partial charge on any atom is 0.573 e. The van der Waals surface area contributed by atoms with Crippen LogP contribution in [0.2, 0.25) is 0 Å². The highest BCUT2D eigenvalue weighted by Gasteiger charge is 2.32. The lowest BCUT2D eigenvalue weighted by atomic mass is 9.98. The maximum atomic E-state index is 12.4. The van der Waals surface area contributed by atoms with Crippen LogP contribution in [-0.2, 0) is 16.0 Å². The molecule has 176 valence electrons. The van der Waals surface area contributed by atoms with E-state index in [1.165, 1.54) is 12.1 Å². The minimum Gasteiger partial charge on any atom is -0.480 e. The molecule has 0 aromatic heterocycles. The van der Waals surface area contributed by atoms with Gasteiger partial charge in [0.05, 0.1) is 0 Å². The first kappa shape index (κ1) is 23.2. The fourth-order valence-corrected chi connectivity index (χ4v) is 4.09. The minimum atomic E-state index is -4.87. The number of benzene rings is 3. The highest BCUT2D eigenvalue weighted by molar-refractivity contribution is 5.81. The number of nitrogens with one attached hydrogen (secondary N) is 1. The van der Waals surface area contributed by atoms with E-state index in [1.54, 1.807) is 0 Å². The van der Waals surface area contributed by atoms with Gasteiger partial charge in [-0.25, -0.2) is 9.59 Å². The van der Waals surface area contributed by atoms with Gasteiger partial charge in [0, 0.05) is 12.3 Å². The van der Waals surface area contributed by atoms with Crippen LogP contribution in [0, 0.1) is 0 Å². The number of carboxylic acids is 1. The zero-order chi connectivity index (χ0) is 24.3. The molecule has 1 amide bonds. The van der Waals surface area contributed by atoms with Crippen LogP contribution < -0.4 is 10.1 Å². The molecule has 1 aliphatic rings. The summed E-state index contributed by atoms with van der Waals surface area (Å²) in [5.41, 5.74) is 4.36. The van der Waals surface area contributed by atoms with E-state index < -0.39 is 30.2 Å². The molecule has 0 spiro atoms. The molecule has 1 aliphatic carbocycles. The van der Waals surface area contributed by atoms with Crippen LogP contribution in [-0.4, -0.2) is 36.2 Å². The summed E-state index contributed by atoms with van der Waals surface area (Å²) in [6.07, 6.45) is -6.06. The largest absolute Gasteiger partial charge is 0.573 e. The Morgan fingerprint density at radius 2 is 1.56 bits per heavy atom. The molecule has 6 nitrogen and oxygen atoms in total. The van der Waals surface area contributed by atoms with Crippen LogP contribution >= 0.6 is 0 Å². The number of aliphatic carboxylic acids is 1. The van der Waals surface area contributed by atoms with Crippen LogP contribution in [0.25, 0.3) is 11.1 Å². The Labute approximate surface area is 192 Å². The highest BCUT2D eigenvalue weighted by Crippen LogP contribution is 2.44. The Morgan fingerprint density at radius 1 is 0.941 bits per heavy atom. The number of carbonyl (C=O) groups is 2. The van der Waals surface area contributed by atoms with E-state index in [0.717, 1.165) is 34.4 Å². The molecule has 0 unspecified atom stereocenters. The van der Waals surface area contributed by atoms with E-state index in [0.29, 0.717) is 0 Å². The third-order valence-corrected chi connectivity index (χ3v) is 5.51. The second-order valence-corrected chi connectivity index (χ2v) is 7.76. The molecule has 9 heteroatoms. The molecule has 2 N–H and O–H groups in total. The van der Waals surface area contributed by atoms with E-state index in [1.807, 2.05) is 48.5 Å². The molecule has 34 heavy (non-hydrogen) atoms. The van der Waals surface area contributed by atoms with Gasteiger partial charge >= 0.3 is 18.4 Å². The zero-order valence-corrected chi connectivity index (χ0v) is 17.7. The fraction of sp³-hybridized carbons (Fsp3) is 0.200. The van der Waals surface area contributed by atoms with Gasteiger partial charge in [-0.1, -0.05) is 60.7 Å². The maximum absolute atomic E-state index is 12.4. The van der Waals surface area contributed by atoms with Crippen molar-refractivity contribution in [2.45, 2.75) is 24.7 Å². The van der Waals surface area contributed by atoms with Crippen molar-refractivity contribution in [2.24, 2.45) is 0 Å². The number of rotatable bonds is 7. The van der Waals surface area contributed by atoms with Crippen molar-refractivity contribution in [3.8, 4) is 16.9 Å². The average Bonchev–Trinajstić information content (AvgIpc) is 3.10. The normalized spacial score (nSPS) is 13.5. The molecule has 0 bridgehead atoms. The van der Waals surface area contributed by atoms with Gasteiger partial charge in [-0.3, -0.25) is 0 Å². The van der Waals surface area contributed by atoms with Crippen LogP contribution in [0.1, 0.15) is 22.6 Å². The molecular formula is C25H20F3NO5. The predicted molar refractivity (Wildman–Crippen MR) is 116 cm³/mol. The lowest BCUT2D eigenvalue weighted by Crippen LogP contribution is -2.42. The molecule has 0 saturated heterocycles. The quantitative estimate of drug-likeness (QED) is 0.500. The number of fused-ring (bicyclic) bond motifs is 3. The number of hydrogen-bond donors (Lipinski definition) is 2. The molecular weight excluding hydrogens is 451 g/mol. The Hall–Kier alpha value is -4.01. The van der Waals surface area contributed by atoms with Crippen molar-refractivity contribution in [3.05, 3.63) is 89.5 Å². The van der Waals surface area contributed by atoms with Gasteiger partial charge in [-0.2, -0.15) is 0 Å². The van der Waals surface area contributed by atoms with Crippen molar-refractivity contribution in [3.63, 3.8) is 0 Å². The number of alkyl halides is 3. The molecule has 4 rings (SSSR count). The van der Waals surface area contributed by atoms with Crippen molar-refractivity contribution < 1.29 is 37.3 Å². The van der Waals surface area contributed by atoms with Crippen molar-refractivity contribution in [1.82, 2.24) is 5.32 Å². The number of alkyl carbamates (subject to hydrolysis) is 1. The van der Waals surface area contributed by atoms with Crippen molar-refractivity contribution >= 4 is 12.1 Å². The third kappa shape index (κ3) is 5.31. The number of carboxylic acid groups (broad SMARTS) is 1. The summed E-state index contributed by atoms with van der Waals surface area (Å²) in [5, 5.41) is 11.8. The summed E-state index contributed by atoms with van der Waals surface area (Å²) < 4.78 is 46.6. The monoisotopic (exact) mass is 471 g/mol. The summed E-state index contributed by atoms with van der Waals surface area (Å²) >= 11 is 0. The Bertz CT molecular complexity index is 1170. The van der Waals surface area contributed by atoms with Gasteiger partial charge in [0.15, 0.2) is 0 Å². The van der Waals surface area contributed by atoms with Gasteiger partial charge in [0.2, 0.25) is 0 Å². The summed E-state index contributed by atoms with van der Waals surface area (Å²) in [5.74, 6) is -2.02. The molecule has 0 fully saturated rings. The molecule has 0 radical (unpaired) electrons. The summed E-state index contributed by atoms with van der Waals surface area (Å²) in [6.45, 7) is 0.00110. The van der Waals surface area contributed by atoms with E-state index in [4.69, 9.17) is 4.74 Å². The van der Waals surface area contributed by atoms with E-state index in [9.17, 15) is 27.9 Å². The number of hydrogen-bond acceptors (Lipinski definition) is 4. The molecule has 0 saturated carbocycles. The second kappa shape index (κ2) is 9.46. The SMILES string of the molecule is O=C(N[C@@H](Cc1cccc(OC(F)(F)F)c1)C(=O)O)OCC1c2ccccc2-c2ccccc21. The Morgan fingerprint density at radius 3 is 2.15 bits per heavy atom. The van der Waals surface area contributed by atoms with Gasteiger partial charge < -0.3 is 19.9 Å². The number of carbonyl (C=O) groups excluding carboxylic acids is 1. The second-order valence-electron chi connectivity index (χ2n) is 7.76. The zero-order valence-electron chi connectivity index (χ0n) is 17.7. The number of amides is 1. The van der Waals surface area contributed by atoms with Crippen LogP contribution in [0.3, 0.4) is 0 Å². The predicted octanol–water partition coefficient (Wildman–Crippen LogP) is 5.12. The summed E-state index contributed by atoms with van der Waals surface area (Å²) in [7, 11) is 0. The first-order chi connectivity index (χ1) is 16.2. The van der Waals surface area contributed by atoms with Crippen LogP contribution in [0.4, 0.5) is 18.0 Å². The molecule has 3 aromatic carbocycles. The minimum absolute atomic E-state index is 0.00110. The Kier molecular flexibility index (Phi) is 6.45. The van der Waals surface area contributed by atoms with Crippen molar-refractivity contribution in [2.75, 3.05) is 6.61 Å². The lowest BCUT2D eigenvalue weighted by molar-refractivity contribution is -0.274. The first-order valence-electron chi connectivity index (χ1n) is 10.4. The average molecular weight is 471 g/mol. The highest BCUT2D eigenvalue weighted by atomic mass is 19.4. The number of halogens is 3. The van der Waals surface area contributed by atoms with E-state index in [-0.39, 0.29) is 24.5 Å². The fourth-order valence-electron chi connectivity index (χ4n) is 4.09. The van der Waals surface area contributed by atoms with E-state index in [2.05, 4.69) is 10.1 Å². The van der Waals surface area contributed by atoms with Gasteiger partial charge in [-0.15, -0.1) is 13.2 Å². The van der Waals surface area contributed by atoms with Gasteiger partial charge in [0.25, 0.3) is 0 Å². The standard InChI is InChI=1S/C25H20F3NO5/c26-25(27,28)34-16-7-5-6-15(12-16)13-22(23(30)31)29-24(32)33-14-21-19-10-3-1-8-17(19)18-9-2-4-11-20(18)21/h1-12,21-22H,13-14H2,(H,29,32)(H,30,31)/t22-/m0/s1. The summed E-state index contributed by atoms with van der Waals surface area (Å²) in [6, 6.07) is 19.1. The third-order valence-electron chi connectivity index (χ3n) is 5.51. The molecule has 3 aromatic rings. The molecule has 1 atom stereocenters. The topological polar surface area (TPSA) is 84.9 Å².